The van der Waals surface area contributed by atoms with Crippen LogP contribution in [0.25, 0.3) is 86.9 Å². The highest BCUT2D eigenvalue weighted by molar-refractivity contribution is 6.27. The summed E-state index contributed by atoms with van der Waals surface area (Å²) in [5.41, 5.74) is 6.25. The maximum Gasteiger partial charge on any atom is -0.00928 e. The predicted molar refractivity (Wildman–Crippen MR) is 187 cm³/mol. The van der Waals surface area contributed by atoms with Gasteiger partial charge in [-0.3, -0.25) is 0 Å². The second-order valence-corrected chi connectivity index (χ2v) is 11.8. The predicted octanol–water partition coefficient (Wildman–Crippen LogP) is 12.2. The molecule has 0 heterocycles. The van der Waals surface area contributed by atoms with E-state index < -0.39 is 0 Å². The van der Waals surface area contributed by atoms with E-state index in [0.717, 1.165) is 0 Å². The largest absolute Gasteiger partial charge is 0.0616 e. The Kier molecular flexibility index (Phi) is 5.21. The van der Waals surface area contributed by atoms with Crippen molar-refractivity contribution in [2.45, 2.75) is 6.92 Å². The Hall–Kier alpha value is -5.46. The van der Waals surface area contributed by atoms with Gasteiger partial charge in [0.05, 0.1) is 0 Å². The van der Waals surface area contributed by atoms with Gasteiger partial charge in [-0.15, -0.1) is 0 Å². The second kappa shape index (κ2) is 9.28. The number of rotatable bonds is 2. The minimum Gasteiger partial charge on any atom is -0.0616 e. The van der Waals surface area contributed by atoms with Gasteiger partial charge in [-0.1, -0.05) is 133 Å². The molecule has 0 bridgehead atoms. The van der Waals surface area contributed by atoms with Crippen molar-refractivity contribution in [3.8, 4) is 22.3 Å². The average molecular weight is 545 g/mol. The maximum absolute atomic E-state index is 2.39. The first-order valence-corrected chi connectivity index (χ1v) is 15.0. The highest BCUT2D eigenvalue weighted by atomic mass is 14.2. The molecule has 0 amide bonds. The molecule has 0 N–H and O–H groups in total. The summed E-state index contributed by atoms with van der Waals surface area (Å²) in [6.45, 7) is 2.21. The molecule has 9 aromatic carbocycles. The third kappa shape index (κ3) is 3.70. The first-order chi connectivity index (χ1) is 21.2. The summed E-state index contributed by atoms with van der Waals surface area (Å²) < 4.78 is 0. The van der Waals surface area contributed by atoms with Gasteiger partial charge in [0.1, 0.15) is 0 Å². The lowest BCUT2D eigenvalue weighted by atomic mass is 9.89. The Morgan fingerprint density at radius 1 is 0.233 bits per heavy atom. The van der Waals surface area contributed by atoms with Gasteiger partial charge >= 0.3 is 0 Å². The Labute approximate surface area is 250 Å². The van der Waals surface area contributed by atoms with Crippen LogP contribution in [0.1, 0.15) is 5.56 Å². The minimum absolute atomic E-state index is 1.25. The molecule has 0 aliphatic rings. The highest BCUT2D eigenvalue weighted by Gasteiger charge is 2.13. The third-order valence-corrected chi connectivity index (χ3v) is 9.23. The maximum atomic E-state index is 2.39. The van der Waals surface area contributed by atoms with Crippen LogP contribution < -0.4 is 0 Å². The summed E-state index contributed by atoms with van der Waals surface area (Å²) in [4.78, 5) is 0. The van der Waals surface area contributed by atoms with Crippen molar-refractivity contribution in [2.75, 3.05) is 0 Å². The fourth-order valence-corrected chi connectivity index (χ4v) is 7.29. The Morgan fingerprint density at radius 3 is 0.837 bits per heavy atom. The molecule has 9 aromatic rings. The van der Waals surface area contributed by atoms with Crippen LogP contribution >= 0.6 is 0 Å². The van der Waals surface area contributed by atoms with Gasteiger partial charge in [0.25, 0.3) is 0 Å². The van der Waals surface area contributed by atoms with Crippen LogP contribution in [0.3, 0.4) is 0 Å². The monoisotopic (exact) mass is 544 g/mol. The average Bonchev–Trinajstić information content (AvgIpc) is 3.08. The SMILES string of the molecule is Cc1cc(-c2ccc3c4ccccc4c4ccccc4c3c2)cc(-c2ccc3c4ccccc4c4ccccc4c3c2)c1. The molecule has 0 fully saturated rings. The van der Waals surface area contributed by atoms with Crippen molar-refractivity contribution in [3.63, 3.8) is 0 Å². The van der Waals surface area contributed by atoms with E-state index in [1.54, 1.807) is 0 Å². The van der Waals surface area contributed by atoms with Gasteiger partial charge < -0.3 is 0 Å². The topological polar surface area (TPSA) is 0 Å². The molecule has 9 rings (SSSR count). The van der Waals surface area contributed by atoms with E-state index in [0.29, 0.717) is 0 Å². The first-order valence-electron chi connectivity index (χ1n) is 15.0. The molecular formula is C43H28. The molecule has 0 aromatic heterocycles. The van der Waals surface area contributed by atoms with Crippen LogP contribution in [-0.4, -0.2) is 0 Å². The molecule has 0 saturated carbocycles. The van der Waals surface area contributed by atoms with Crippen LogP contribution in [0, 0.1) is 6.92 Å². The Bertz CT molecular complexity index is 2320. The minimum atomic E-state index is 1.25. The molecule has 0 spiro atoms. The molecule has 0 nitrogen and oxygen atoms in total. The van der Waals surface area contributed by atoms with Crippen molar-refractivity contribution in [2.24, 2.45) is 0 Å². The summed E-state index contributed by atoms with van der Waals surface area (Å²) >= 11 is 0. The van der Waals surface area contributed by atoms with E-state index in [4.69, 9.17) is 0 Å². The van der Waals surface area contributed by atoms with Gasteiger partial charge in [-0.05, 0) is 118 Å². The number of hydrogen-bond acceptors (Lipinski definition) is 0. The summed E-state index contributed by atoms with van der Waals surface area (Å²) in [5, 5.41) is 15.7. The van der Waals surface area contributed by atoms with Crippen molar-refractivity contribution in [1.82, 2.24) is 0 Å². The van der Waals surface area contributed by atoms with E-state index in [-0.39, 0.29) is 0 Å². The lowest BCUT2D eigenvalue weighted by molar-refractivity contribution is 1.46. The zero-order chi connectivity index (χ0) is 28.5. The molecule has 200 valence electrons. The smallest absolute Gasteiger partial charge is 0.00928 e. The molecule has 0 unspecified atom stereocenters. The summed E-state index contributed by atoms with van der Waals surface area (Å²) in [5.74, 6) is 0. The van der Waals surface area contributed by atoms with E-state index in [9.17, 15) is 0 Å². The Balaban J connectivity index is 1.25. The zero-order valence-corrected chi connectivity index (χ0v) is 23.9. The van der Waals surface area contributed by atoms with Crippen LogP contribution in [0.15, 0.2) is 152 Å². The van der Waals surface area contributed by atoms with Crippen LogP contribution in [0.2, 0.25) is 0 Å². The van der Waals surface area contributed by atoms with Crippen molar-refractivity contribution in [1.29, 1.82) is 0 Å². The van der Waals surface area contributed by atoms with Crippen molar-refractivity contribution < 1.29 is 0 Å². The molecule has 0 heteroatoms. The number of benzene rings is 9. The van der Waals surface area contributed by atoms with Gasteiger partial charge in [0.2, 0.25) is 0 Å². The fraction of sp³-hybridized carbons (Fsp3) is 0.0233. The molecule has 0 radical (unpaired) electrons. The van der Waals surface area contributed by atoms with Crippen molar-refractivity contribution in [3.05, 3.63) is 157 Å². The Morgan fingerprint density at radius 2 is 0.512 bits per heavy atom. The van der Waals surface area contributed by atoms with Crippen molar-refractivity contribution >= 4 is 64.6 Å². The molecule has 0 saturated heterocycles. The summed E-state index contributed by atoms with van der Waals surface area (Å²) in [7, 11) is 0. The molecule has 0 aliphatic carbocycles. The fourth-order valence-electron chi connectivity index (χ4n) is 7.29. The highest BCUT2D eigenvalue weighted by Crippen LogP contribution is 2.40. The van der Waals surface area contributed by atoms with Crippen LogP contribution in [0.4, 0.5) is 0 Å². The standard InChI is InChI=1S/C43H28/c1-27-22-30(28-18-20-40-36-14-4-2-10-32(36)34-12-6-8-16-38(34)42(40)25-28)24-31(23-27)29-19-21-41-37-15-5-3-11-33(37)35-13-7-9-17-39(35)43(41)26-29/h2-26H,1H3. The molecule has 43 heavy (non-hydrogen) atoms. The van der Waals surface area contributed by atoms with E-state index in [2.05, 4.69) is 159 Å². The second-order valence-electron chi connectivity index (χ2n) is 11.8. The normalized spacial score (nSPS) is 11.8. The molecule has 0 atom stereocenters. The number of aryl methyl sites for hydroxylation is 1. The number of fused-ring (bicyclic) bond motifs is 12. The van der Waals surface area contributed by atoms with E-state index >= 15 is 0 Å². The van der Waals surface area contributed by atoms with Crippen LogP contribution in [0.5, 0.6) is 0 Å². The third-order valence-electron chi connectivity index (χ3n) is 9.23. The number of hydrogen-bond donors (Lipinski definition) is 0. The summed E-state index contributed by atoms with van der Waals surface area (Å²) in [6.07, 6.45) is 0. The first kappa shape index (κ1) is 24.2. The lowest BCUT2D eigenvalue weighted by Gasteiger charge is -2.14. The van der Waals surface area contributed by atoms with Crippen LogP contribution in [-0.2, 0) is 0 Å². The van der Waals surface area contributed by atoms with E-state index in [1.165, 1.54) is 92.5 Å². The van der Waals surface area contributed by atoms with Gasteiger partial charge in [-0.2, -0.15) is 0 Å². The molecular weight excluding hydrogens is 516 g/mol. The summed E-state index contributed by atoms with van der Waals surface area (Å²) in [6, 6.07) is 56.2. The van der Waals surface area contributed by atoms with Gasteiger partial charge in [0.15, 0.2) is 0 Å². The lowest BCUT2D eigenvalue weighted by Crippen LogP contribution is -1.88. The van der Waals surface area contributed by atoms with E-state index in [1.807, 2.05) is 0 Å². The van der Waals surface area contributed by atoms with Gasteiger partial charge in [0, 0.05) is 0 Å². The van der Waals surface area contributed by atoms with Gasteiger partial charge in [-0.25, -0.2) is 0 Å². The molecule has 0 aliphatic heterocycles. The quantitative estimate of drug-likeness (QED) is 0.190. The zero-order valence-electron chi connectivity index (χ0n) is 23.9.